The molecule has 1 saturated heterocycles. The Kier molecular flexibility index (Phi) is 13.4. The molecule has 0 radical (unpaired) electrons. The lowest BCUT2D eigenvalue weighted by molar-refractivity contribution is 0.0186. The van der Waals surface area contributed by atoms with E-state index < -0.39 is 0 Å². The minimum absolute atomic E-state index is 0. The molecular weight excluding hydrogens is 497 g/mol. The van der Waals surface area contributed by atoms with Crippen molar-refractivity contribution in [2.75, 3.05) is 52.5 Å². The zero-order valence-corrected chi connectivity index (χ0v) is 21.8. The summed E-state index contributed by atoms with van der Waals surface area (Å²) in [5.74, 6) is 0.907. The second kappa shape index (κ2) is 14.6. The maximum absolute atomic E-state index is 5.54. The smallest absolute Gasteiger partial charge is 0.191 e. The molecule has 1 aliphatic rings. The Bertz CT molecular complexity index is 553. The maximum atomic E-state index is 5.54. The fraction of sp³-hybridized carbons (Fsp3) is 0.762. The molecule has 0 spiro atoms. The van der Waals surface area contributed by atoms with Crippen LogP contribution in [0.15, 0.2) is 22.5 Å². The molecule has 1 aliphatic heterocycles. The van der Waals surface area contributed by atoms with Gasteiger partial charge in [0.05, 0.1) is 25.8 Å². The van der Waals surface area contributed by atoms with Crippen LogP contribution in [0, 0.1) is 0 Å². The van der Waals surface area contributed by atoms with Crippen molar-refractivity contribution in [2.24, 2.45) is 4.99 Å². The molecule has 1 aromatic rings. The summed E-state index contributed by atoms with van der Waals surface area (Å²) in [6.45, 7) is 18.2. The highest BCUT2D eigenvalue weighted by Crippen LogP contribution is 2.26. The Labute approximate surface area is 198 Å². The van der Waals surface area contributed by atoms with E-state index in [9.17, 15) is 0 Å². The first-order chi connectivity index (χ1) is 13.5. The van der Waals surface area contributed by atoms with Crippen molar-refractivity contribution in [1.82, 2.24) is 20.4 Å². The molecule has 0 saturated carbocycles. The lowest BCUT2D eigenvalue weighted by atomic mass is 10.2. The molecule has 0 aromatic carbocycles. The van der Waals surface area contributed by atoms with Gasteiger partial charge in [0, 0.05) is 49.7 Å². The summed E-state index contributed by atoms with van der Waals surface area (Å²) >= 11 is 1.82. The van der Waals surface area contributed by atoms with E-state index in [0.717, 1.165) is 58.4 Å². The molecule has 0 aliphatic carbocycles. The van der Waals surface area contributed by atoms with Gasteiger partial charge in [-0.1, -0.05) is 6.07 Å². The van der Waals surface area contributed by atoms with Crippen LogP contribution in [-0.4, -0.2) is 80.3 Å². The van der Waals surface area contributed by atoms with Gasteiger partial charge in [-0.3, -0.25) is 14.8 Å². The van der Waals surface area contributed by atoms with Crippen LogP contribution in [0.2, 0.25) is 0 Å². The molecule has 1 atom stereocenters. The molecule has 2 rings (SSSR count). The van der Waals surface area contributed by atoms with Gasteiger partial charge in [0.15, 0.2) is 5.96 Å². The second-order valence-corrected chi connectivity index (χ2v) is 8.73. The van der Waals surface area contributed by atoms with Gasteiger partial charge in [-0.25, -0.2) is 0 Å². The molecule has 2 heterocycles. The third-order valence-corrected chi connectivity index (χ3v) is 6.09. The van der Waals surface area contributed by atoms with Gasteiger partial charge in [-0.05, 0) is 46.1 Å². The fourth-order valence-electron chi connectivity index (χ4n) is 3.69. The first-order valence-corrected chi connectivity index (χ1v) is 11.5. The summed E-state index contributed by atoms with van der Waals surface area (Å²) in [6.07, 6.45) is 0. The van der Waals surface area contributed by atoms with Crippen LogP contribution >= 0.6 is 35.3 Å². The molecule has 6 nitrogen and oxygen atoms in total. The highest BCUT2D eigenvalue weighted by Gasteiger charge is 2.23. The van der Waals surface area contributed by atoms with E-state index >= 15 is 0 Å². The number of guanidine groups is 1. The first kappa shape index (κ1) is 26.6. The van der Waals surface area contributed by atoms with Crippen LogP contribution in [0.1, 0.15) is 45.5 Å². The van der Waals surface area contributed by atoms with Crippen LogP contribution in [0.25, 0.3) is 0 Å². The highest BCUT2D eigenvalue weighted by molar-refractivity contribution is 14.0. The summed E-state index contributed by atoms with van der Waals surface area (Å²) in [4.78, 5) is 11.3. The molecule has 8 heteroatoms. The van der Waals surface area contributed by atoms with Crippen molar-refractivity contribution >= 4 is 41.3 Å². The Hall–Kier alpha value is -0.420. The lowest BCUT2D eigenvalue weighted by Gasteiger charge is -2.33. The van der Waals surface area contributed by atoms with Crippen molar-refractivity contribution in [3.05, 3.63) is 22.4 Å². The predicted octanol–water partition coefficient (Wildman–Crippen LogP) is 3.41. The first-order valence-electron chi connectivity index (χ1n) is 10.7. The number of ether oxygens (including phenoxy) is 1. The summed E-state index contributed by atoms with van der Waals surface area (Å²) in [7, 11) is 0. The number of nitrogens with zero attached hydrogens (tertiary/aromatic N) is 3. The Morgan fingerprint density at radius 3 is 2.45 bits per heavy atom. The molecule has 0 bridgehead atoms. The van der Waals surface area contributed by atoms with E-state index in [0.29, 0.717) is 18.1 Å². The normalized spacial score (nSPS) is 16.9. The standard InChI is InChI=1S/C21H39N5OS.HI/c1-6-22-21(23-9-10-26(17(2)3)18(4)5)24-16-19(20-8-7-15-28-20)25-11-13-27-14-12-25;/h7-8,15,17-19H,6,9-14,16H2,1-5H3,(H2,22,23,24);1H. The lowest BCUT2D eigenvalue weighted by Crippen LogP contribution is -2.45. The Morgan fingerprint density at radius 1 is 1.21 bits per heavy atom. The van der Waals surface area contributed by atoms with Crippen molar-refractivity contribution in [3.8, 4) is 0 Å². The van der Waals surface area contributed by atoms with Crippen LogP contribution < -0.4 is 10.6 Å². The van der Waals surface area contributed by atoms with Gasteiger partial charge in [-0.15, -0.1) is 35.3 Å². The number of rotatable bonds is 10. The summed E-state index contributed by atoms with van der Waals surface area (Å²) in [6, 6.07) is 5.77. The maximum Gasteiger partial charge on any atom is 0.191 e. The van der Waals surface area contributed by atoms with E-state index in [1.54, 1.807) is 0 Å². The number of morpholine rings is 1. The van der Waals surface area contributed by atoms with E-state index in [4.69, 9.17) is 9.73 Å². The van der Waals surface area contributed by atoms with Gasteiger partial charge in [0.2, 0.25) is 0 Å². The highest BCUT2D eigenvalue weighted by atomic mass is 127. The zero-order valence-electron chi connectivity index (χ0n) is 18.7. The van der Waals surface area contributed by atoms with Gasteiger partial charge < -0.3 is 15.4 Å². The van der Waals surface area contributed by atoms with Crippen molar-refractivity contribution < 1.29 is 4.74 Å². The second-order valence-electron chi connectivity index (χ2n) is 7.75. The largest absolute Gasteiger partial charge is 0.379 e. The molecule has 0 amide bonds. The van der Waals surface area contributed by atoms with Gasteiger partial charge in [0.1, 0.15) is 0 Å². The van der Waals surface area contributed by atoms with E-state index in [1.165, 1.54) is 4.88 Å². The SMILES string of the molecule is CCNC(=NCC(c1cccs1)N1CCOCC1)NCCN(C(C)C)C(C)C.I. The minimum atomic E-state index is 0. The van der Waals surface area contributed by atoms with Gasteiger partial charge in [0.25, 0.3) is 0 Å². The van der Waals surface area contributed by atoms with E-state index in [2.05, 4.69) is 72.6 Å². The van der Waals surface area contributed by atoms with E-state index in [1.807, 2.05) is 11.3 Å². The zero-order chi connectivity index (χ0) is 20.4. The van der Waals surface area contributed by atoms with Crippen molar-refractivity contribution in [2.45, 2.75) is 52.7 Å². The van der Waals surface area contributed by atoms with Crippen LogP contribution in [0.5, 0.6) is 0 Å². The summed E-state index contributed by atoms with van der Waals surface area (Å²) in [5, 5.41) is 9.08. The number of nitrogens with one attached hydrogen (secondary N) is 2. The number of thiophene rings is 1. The number of hydrogen-bond donors (Lipinski definition) is 2. The molecule has 1 fully saturated rings. The summed E-state index contributed by atoms with van der Waals surface area (Å²) < 4.78 is 5.54. The molecular formula is C21H40IN5OS. The van der Waals surface area contributed by atoms with Crippen LogP contribution in [-0.2, 0) is 4.74 Å². The number of hydrogen-bond acceptors (Lipinski definition) is 5. The van der Waals surface area contributed by atoms with Crippen molar-refractivity contribution in [1.29, 1.82) is 0 Å². The average molecular weight is 538 g/mol. The Balaban J connectivity index is 0.00000420. The average Bonchev–Trinajstić information content (AvgIpc) is 3.20. The fourth-order valence-corrected chi connectivity index (χ4v) is 4.54. The van der Waals surface area contributed by atoms with E-state index in [-0.39, 0.29) is 24.0 Å². The molecule has 2 N–H and O–H groups in total. The third-order valence-electron chi connectivity index (χ3n) is 5.11. The number of aliphatic imine (C=N–C) groups is 1. The molecule has 29 heavy (non-hydrogen) atoms. The minimum Gasteiger partial charge on any atom is -0.379 e. The van der Waals surface area contributed by atoms with Crippen molar-refractivity contribution in [3.63, 3.8) is 0 Å². The predicted molar refractivity (Wildman–Crippen MR) is 136 cm³/mol. The summed E-state index contributed by atoms with van der Waals surface area (Å²) in [5.41, 5.74) is 0. The number of halogens is 1. The molecule has 1 unspecified atom stereocenters. The molecule has 1 aromatic heterocycles. The van der Waals surface area contributed by atoms with Gasteiger partial charge >= 0.3 is 0 Å². The van der Waals surface area contributed by atoms with Crippen LogP contribution in [0.3, 0.4) is 0 Å². The topological polar surface area (TPSA) is 52.1 Å². The molecule has 168 valence electrons. The quantitative estimate of drug-likeness (QED) is 0.272. The van der Waals surface area contributed by atoms with Gasteiger partial charge in [-0.2, -0.15) is 0 Å². The van der Waals surface area contributed by atoms with Crippen LogP contribution in [0.4, 0.5) is 0 Å². The third kappa shape index (κ3) is 9.08. The Morgan fingerprint density at radius 2 is 1.90 bits per heavy atom. The monoisotopic (exact) mass is 537 g/mol.